The minimum atomic E-state index is -0.937. The highest BCUT2D eigenvalue weighted by Crippen LogP contribution is 2.12. The molecule has 0 aliphatic carbocycles. The summed E-state index contributed by atoms with van der Waals surface area (Å²) in [4.78, 5) is 16.8. The molecule has 2 heterocycles. The second-order valence-electron chi connectivity index (χ2n) is 4.03. The van der Waals surface area contributed by atoms with Crippen LogP contribution in [0.15, 0.2) is 24.5 Å². The number of carboxylic acid groups (broad SMARTS) is 1. The lowest BCUT2D eigenvalue weighted by Crippen LogP contribution is -2.35. The summed E-state index contributed by atoms with van der Waals surface area (Å²) in [7, 11) is 0. The molecule has 1 saturated heterocycles. The van der Waals surface area contributed by atoms with E-state index in [1.165, 1.54) is 5.56 Å². The van der Waals surface area contributed by atoms with Gasteiger partial charge in [0, 0.05) is 38.1 Å². The summed E-state index contributed by atoms with van der Waals surface area (Å²) in [6.45, 7) is 2.55. The van der Waals surface area contributed by atoms with Crippen molar-refractivity contribution in [2.24, 2.45) is 0 Å². The van der Waals surface area contributed by atoms with E-state index in [0.29, 0.717) is 0 Å². The molecule has 1 atom stereocenters. The largest absolute Gasteiger partial charge is 0.465 e. The van der Waals surface area contributed by atoms with Gasteiger partial charge in [-0.2, -0.15) is 0 Å². The zero-order valence-electron chi connectivity index (χ0n) is 8.97. The molecule has 5 nitrogen and oxygen atoms in total. The van der Waals surface area contributed by atoms with Crippen LogP contribution in [0, 0.1) is 0 Å². The molecule has 0 saturated carbocycles. The molecule has 0 spiro atoms. The summed E-state index contributed by atoms with van der Waals surface area (Å²) >= 11 is 0. The SMILES string of the molecule is O=C(O)N[C@H]1CCN(Cc2cccnc2)C1. The zero-order chi connectivity index (χ0) is 11.4. The van der Waals surface area contributed by atoms with Gasteiger partial charge < -0.3 is 10.4 Å². The lowest BCUT2D eigenvalue weighted by molar-refractivity contribution is 0.189. The number of likely N-dealkylation sites (tertiary alicyclic amines) is 1. The first-order valence-corrected chi connectivity index (χ1v) is 5.35. The van der Waals surface area contributed by atoms with Crippen LogP contribution < -0.4 is 5.32 Å². The van der Waals surface area contributed by atoms with E-state index in [1.54, 1.807) is 6.20 Å². The van der Waals surface area contributed by atoms with E-state index in [9.17, 15) is 4.79 Å². The van der Waals surface area contributed by atoms with Crippen LogP contribution in [0.5, 0.6) is 0 Å². The van der Waals surface area contributed by atoms with Crippen molar-refractivity contribution in [2.45, 2.75) is 19.0 Å². The maximum Gasteiger partial charge on any atom is 0.404 e. The molecule has 0 unspecified atom stereocenters. The lowest BCUT2D eigenvalue weighted by Gasteiger charge is -2.15. The summed E-state index contributed by atoms with van der Waals surface area (Å²) in [6, 6.07) is 4.01. The van der Waals surface area contributed by atoms with E-state index in [2.05, 4.69) is 15.2 Å². The van der Waals surface area contributed by atoms with Crippen LogP contribution in [-0.4, -0.2) is 40.2 Å². The number of hydrogen-bond acceptors (Lipinski definition) is 3. The molecule has 1 amide bonds. The molecule has 1 aliphatic rings. The number of amides is 1. The van der Waals surface area contributed by atoms with Crippen LogP contribution in [-0.2, 0) is 6.54 Å². The number of aromatic nitrogens is 1. The van der Waals surface area contributed by atoms with Gasteiger partial charge in [-0.15, -0.1) is 0 Å². The van der Waals surface area contributed by atoms with E-state index < -0.39 is 6.09 Å². The van der Waals surface area contributed by atoms with Crippen LogP contribution in [0.4, 0.5) is 4.79 Å². The van der Waals surface area contributed by atoms with Crippen molar-refractivity contribution < 1.29 is 9.90 Å². The fourth-order valence-electron chi connectivity index (χ4n) is 2.02. The van der Waals surface area contributed by atoms with E-state index in [4.69, 9.17) is 5.11 Å². The smallest absolute Gasteiger partial charge is 0.404 e. The maximum atomic E-state index is 10.5. The Morgan fingerprint density at radius 1 is 1.69 bits per heavy atom. The molecule has 5 heteroatoms. The first kappa shape index (κ1) is 10.9. The summed E-state index contributed by atoms with van der Waals surface area (Å²) in [5.41, 5.74) is 1.17. The number of rotatable bonds is 3. The predicted molar refractivity (Wildman–Crippen MR) is 59.1 cm³/mol. The second-order valence-corrected chi connectivity index (χ2v) is 4.03. The highest BCUT2D eigenvalue weighted by Gasteiger charge is 2.23. The molecule has 2 rings (SSSR count). The van der Waals surface area contributed by atoms with E-state index in [-0.39, 0.29) is 6.04 Å². The average molecular weight is 221 g/mol. The summed E-state index contributed by atoms with van der Waals surface area (Å²) in [5.74, 6) is 0. The molecule has 2 N–H and O–H groups in total. The Hall–Kier alpha value is -1.62. The summed E-state index contributed by atoms with van der Waals surface area (Å²) < 4.78 is 0. The molecular weight excluding hydrogens is 206 g/mol. The van der Waals surface area contributed by atoms with Crippen molar-refractivity contribution in [3.63, 3.8) is 0 Å². The molecule has 1 aliphatic heterocycles. The number of nitrogens with one attached hydrogen (secondary N) is 1. The van der Waals surface area contributed by atoms with Gasteiger partial charge in [-0.05, 0) is 18.1 Å². The number of carbonyl (C=O) groups is 1. The Morgan fingerprint density at radius 2 is 2.56 bits per heavy atom. The molecule has 16 heavy (non-hydrogen) atoms. The highest BCUT2D eigenvalue weighted by molar-refractivity contribution is 5.64. The Balaban J connectivity index is 1.83. The van der Waals surface area contributed by atoms with Crippen molar-refractivity contribution in [3.8, 4) is 0 Å². The molecule has 0 aromatic carbocycles. The summed E-state index contributed by atoms with van der Waals surface area (Å²) in [6.07, 6.45) is 3.54. The van der Waals surface area contributed by atoms with Crippen molar-refractivity contribution >= 4 is 6.09 Å². The fraction of sp³-hybridized carbons (Fsp3) is 0.455. The molecule has 1 aromatic rings. The number of hydrogen-bond donors (Lipinski definition) is 2. The van der Waals surface area contributed by atoms with E-state index >= 15 is 0 Å². The quantitative estimate of drug-likeness (QED) is 0.796. The Labute approximate surface area is 94.1 Å². The third kappa shape index (κ3) is 2.93. The molecule has 0 radical (unpaired) electrons. The first-order valence-electron chi connectivity index (χ1n) is 5.35. The van der Waals surface area contributed by atoms with Gasteiger partial charge in [-0.3, -0.25) is 9.88 Å². The fourth-order valence-corrected chi connectivity index (χ4v) is 2.02. The predicted octanol–water partition coefficient (Wildman–Crippen LogP) is 0.923. The average Bonchev–Trinajstić information content (AvgIpc) is 2.66. The van der Waals surface area contributed by atoms with Crippen LogP contribution in [0.25, 0.3) is 0 Å². The van der Waals surface area contributed by atoms with Gasteiger partial charge in [-0.25, -0.2) is 4.79 Å². The van der Waals surface area contributed by atoms with Gasteiger partial charge in [0.1, 0.15) is 0 Å². The molecule has 86 valence electrons. The van der Waals surface area contributed by atoms with Crippen molar-refractivity contribution in [3.05, 3.63) is 30.1 Å². The highest BCUT2D eigenvalue weighted by atomic mass is 16.4. The minimum Gasteiger partial charge on any atom is -0.465 e. The third-order valence-corrected chi connectivity index (χ3v) is 2.73. The summed E-state index contributed by atoms with van der Waals surface area (Å²) in [5, 5.41) is 11.1. The van der Waals surface area contributed by atoms with Gasteiger partial charge in [-0.1, -0.05) is 6.07 Å². The van der Waals surface area contributed by atoms with Crippen molar-refractivity contribution in [2.75, 3.05) is 13.1 Å². The minimum absolute atomic E-state index is 0.0640. The molecule has 1 fully saturated rings. The Kier molecular flexibility index (Phi) is 3.36. The van der Waals surface area contributed by atoms with E-state index in [1.807, 2.05) is 18.3 Å². The normalized spacial score (nSPS) is 20.9. The molecule has 1 aromatic heterocycles. The van der Waals surface area contributed by atoms with Gasteiger partial charge in [0.05, 0.1) is 0 Å². The molecular formula is C11H15N3O2. The monoisotopic (exact) mass is 221 g/mol. The standard InChI is InChI=1S/C11H15N3O2/c15-11(16)13-10-3-5-14(8-10)7-9-2-1-4-12-6-9/h1-2,4,6,10,13H,3,5,7-8H2,(H,15,16)/t10-/m0/s1. The van der Waals surface area contributed by atoms with Gasteiger partial charge >= 0.3 is 6.09 Å². The zero-order valence-corrected chi connectivity index (χ0v) is 8.97. The van der Waals surface area contributed by atoms with E-state index in [0.717, 1.165) is 26.1 Å². The Morgan fingerprint density at radius 3 is 3.25 bits per heavy atom. The number of nitrogens with zero attached hydrogens (tertiary/aromatic N) is 2. The Bertz CT molecular complexity index is 356. The number of pyridine rings is 1. The maximum absolute atomic E-state index is 10.5. The van der Waals surface area contributed by atoms with Crippen LogP contribution in [0.2, 0.25) is 0 Å². The van der Waals surface area contributed by atoms with Gasteiger partial charge in [0.15, 0.2) is 0 Å². The topological polar surface area (TPSA) is 65.5 Å². The van der Waals surface area contributed by atoms with Crippen molar-refractivity contribution in [1.29, 1.82) is 0 Å². The first-order chi connectivity index (χ1) is 7.74. The third-order valence-electron chi connectivity index (χ3n) is 2.73. The van der Waals surface area contributed by atoms with Crippen LogP contribution >= 0.6 is 0 Å². The second kappa shape index (κ2) is 4.94. The van der Waals surface area contributed by atoms with Crippen molar-refractivity contribution in [1.82, 2.24) is 15.2 Å². The lowest BCUT2D eigenvalue weighted by atomic mass is 10.2. The van der Waals surface area contributed by atoms with Gasteiger partial charge in [0.25, 0.3) is 0 Å². The van der Waals surface area contributed by atoms with Gasteiger partial charge in [0.2, 0.25) is 0 Å². The van der Waals surface area contributed by atoms with Crippen LogP contribution in [0.1, 0.15) is 12.0 Å². The molecule has 0 bridgehead atoms. The van der Waals surface area contributed by atoms with Crippen LogP contribution in [0.3, 0.4) is 0 Å².